The molecule has 1 aromatic rings. The lowest BCUT2D eigenvalue weighted by atomic mass is 10.2. The molecular formula is C15H27N5OS. The van der Waals surface area contributed by atoms with Crippen molar-refractivity contribution < 1.29 is 4.74 Å². The quantitative estimate of drug-likeness (QED) is 0.603. The van der Waals surface area contributed by atoms with Gasteiger partial charge in [0.2, 0.25) is 5.95 Å². The summed E-state index contributed by atoms with van der Waals surface area (Å²) in [4.78, 5) is 15.3. The molecule has 22 heavy (non-hydrogen) atoms. The van der Waals surface area contributed by atoms with E-state index in [1.807, 2.05) is 14.0 Å². The van der Waals surface area contributed by atoms with Crippen molar-refractivity contribution in [3.05, 3.63) is 5.69 Å². The second-order valence-corrected chi connectivity index (χ2v) is 6.15. The largest absolute Gasteiger partial charge is 0.381 e. The average molecular weight is 325 g/mol. The molecule has 0 spiro atoms. The van der Waals surface area contributed by atoms with Crippen molar-refractivity contribution in [1.29, 1.82) is 0 Å². The van der Waals surface area contributed by atoms with Gasteiger partial charge in [-0.3, -0.25) is 0 Å². The van der Waals surface area contributed by atoms with E-state index in [0.29, 0.717) is 12.6 Å². The highest BCUT2D eigenvalue weighted by Gasteiger charge is 2.21. The van der Waals surface area contributed by atoms with Crippen LogP contribution in [0, 0.1) is 0 Å². The molecule has 0 saturated carbocycles. The summed E-state index contributed by atoms with van der Waals surface area (Å²) in [7, 11) is 4.04. The van der Waals surface area contributed by atoms with Gasteiger partial charge in [-0.15, -0.1) is 11.8 Å². The Bertz CT molecular complexity index is 477. The molecule has 0 unspecified atom stereocenters. The second kappa shape index (κ2) is 8.55. The summed E-state index contributed by atoms with van der Waals surface area (Å²) in [6.07, 6.45) is 2.92. The first-order valence-corrected chi connectivity index (χ1v) is 9.06. The molecule has 1 fully saturated rings. The van der Waals surface area contributed by atoms with E-state index in [2.05, 4.69) is 33.4 Å². The van der Waals surface area contributed by atoms with Crippen molar-refractivity contribution in [3.8, 4) is 0 Å². The van der Waals surface area contributed by atoms with Crippen LogP contribution >= 0.6 is 11.8 Å². The van der Waals surface area contributed by atoms with E-state index >= 15 is 0 Å². The molecule has 1 saturated heterocycles. The van der Waals surface area contributed by atoms with Gasteiger partial charge in [0.25, 0.3) is 0 Å². The molecule has 1 aliphatic heterocycles. The summed E-state index contributed by atoms with van der Waals surface area (Å²) in [5.74, 6) is 1.75. The van der Waals surface area contributed by atoms with Gasteiger partial charge < -0.3 is 19.9 Å². The van der Waals surface area contributed by atoms with E-state index in [4.69, 9.17) is 9.72 Å². The SMILES string of the molecule is CCOCCc1nc(NC)nc(N2CCN(C)CC2)c1SC. The molecule has 2 rings (SSSR count). The lowest BCUT2D eigenvalue weighted by Crippen LogP contribution is -2.45. The van der Waals surface area contributed by atoms with E-state index in [1.54, 1.807) is 11.8 Å². The Kier molecular flexibility index (Phi) is 6.72. The summed E-state index contributed by atoms with van der Waals surface area (Å²) in [6.45, 7) is 7.62. The molecular weight excluding hydrogens is 298 g/mol. The minimum Gasteiger partial charge on any atom is -0.381 e. The number of anilines is 2. The number of piperazine rings is 1. The topological polar surface area (TPSA) is 53.5 Å². The second-order valence-electron chi connectivity index (χ2n) is 5.34. The summed E-state index contributed by atoms with van der Waals surface area (Å²) in [6, 6.07) is 0. The molecule has 0 aromatic carbocycles. The molecule has 2 heterocycles. The lowest BCUT2D eigenvalue weighted by molar-refractivity contribution is 0.150. The highest BCUT2D eigenvalue weighted by molar-refractivity contribution is 7.98. The first-order chi connectivity index (χ1) is 10.7. The standard InChI is InChI=1S/C15H27N5OS/c1-5-21-11-6-12-13(22-4)14(18-15(16-2)17-12)20-9-7-19(3)8-10-20/h5-11H2,1-4H3,(H,16,17,18). The molecule has 6 nitrogen and oxygen atoms in total. The number of thioether (sulfide) groups is 1. The van der Waals surface area contributed by atoms with Gasteiger partial charge in [-0.25, -0.2) is 4.98 Å². The van der Waals surface area contributed by atoms with Crippen LogP contribution in [0.3, 0.4) is 0 Å². The third-order valence-corrected chi connectivity index (χ3v) is 4.66. The maximum Gasteiger partial charge on any atom is 0.224 e. The van der Waals surface area contributed by atoms with Gasteiger partial charge in [0.15, 0.2) is 0 Å². The maximum absolute atomic E-state index is 5.50. The molecule has 7 heteroatoms. The molecule has 1 N–H and O–H groups in total. The van der Waals surface area contributed by atoms with E-state index in [-0.39, 0.29) is 0 Å². The Morgan fingerprint density at radius 3 is 2.55 bits per heavy atom. The number of ether oxygens (including phenoxy) is 1. The molecule has 0 atom stereocenters. The lowest BCUT2D eigenvalue weighted by Gasteiger charge is -2.34. The number of rotatable bonds is 7. The number of hydrogen-bond acceptors (Lipinski definition) is 7. The molecule has 124 valence electrons. The van der Waals surface area contributed by atoms with Gasteiger partial charge >= 0.3 is 0 Å². The molecule has 0 bridgehead atoms. The molecule has 0 amide bonds. The molecule has 0 radical (unpaired) electrons. The number of nitrogens with zero attached hydrogens (tertiary/aromatic N) is 4. The van der Waals surface area contributed by atoms with Gasteiger partial charge in [-0.2, -0.15) is 4.98 Å². The van der Waals surface area contributed by atoms with E-state index in [9.17, 15) is 0 Å². The number of likely N-dealkylation sites (N-methyl/N-ethyl adjacent to an activating group) is 1. The Morgan fingerprint density at radius 2 is 1.95 bits per heavy atom. The molecule has 1 aromatic heterocycles. The van der Waals surface area contributed by atoms with Gasteiger partial charge in [-0.1, -0.05) is 0 Å². The summed E-state index contributed by atoms with van der Waals surface area (Å²) in [5.41, 5.74) is 1.08. The van der Waals surface area contributed by atoms with Crippen LogP contribution in [0.25, 0.3) is 0 Å². The van der Waals surface area contributed by atoms with Crippen LogP contribution < -0.4 is 10.2 Å². The molecule has 0 aliphatic carbocycles. The van der Waals surface area contributed by atoms with Crippen LogP contribution in [-0.4, -0.2) is 74.6 Å². The monoisotopic (exact) mass is 325 g/mol. The Balaban J connectivity index is 2.27. The van der Waals surface area contributed by atoms with Gasteiger partial charge in [0.05, 0.1) is 17.2 Å². The zero-order valence-corrected chi connectivity index (χ0v) is 14.9. The highest BCUT2D eigenvalue weighted by Crippen LogP contribution is 2.31. The fraction of sp³-hybridized carbons (Fsp3) is 0.733. The highest BCUT2D eigenvalue weighted by atomic mass is 32.2. The van der Waals surface area contributed by atoms with Crippen LogP contribution in [0.4, 0.5) is 11.8 Å². The van der Waals surface area contributed by atoms with Crippen LogP contribution in [0.2, 0.25) is 0 Å². The summed E-state index contributed by atoms with van der Waals surface area (Å²) < 4.78 is 5.50. The van der Waals surface area contributed by atoms with Crippen molar-refractivity contribution in [3.63, 3.8) is 0 Å². The summed E-state index contributed by atoms with van der Waals surface area (Å²) in [5, 5.41) is 3.09. The third-order valence-electron chi connectivity index (χ3n) is 3.84. The number of nitrogens with one attached hydrogen (secondary N) is 1. The minimum absolute atomic E-state index is 0.693. The van der Waals surface area contributed by atoms with Crippen LogP contribution in [0.5, 0.6) is 0 Å². The Hall–Kier alpha value is -1.05. The Morgan fingerprint density at radius 1 is 1.23 bits per heavy atom. The van der Waals surface area contributed by atoms with Crippen molar-refractivity contribution in [1.82, 2.24) is 14.9 Å². The van der Waals surface area contributed by atoms with Crippen molar-refractivity contribution in [2.45, 2.75) is 18.2 Å². The van der Waals surface area contributed by atoms with Crippen molar-refractivity contribution >= 4 is 23.5 Å². The summed E-state index contributed by atoms with van der Waals surface area (Å²) >= 11 is 1.73. The fourth-order valence-corrected chi connectivity index (χ4v) is 3.26. The minimum atomic E-state index is 0.693. The molecule has 1 aliphatic rings. The first kappa shape index (κ1) is 17.3. The normalized spacial score (nSPS) is 16.1. The fourth-order valence-electron chi connectivity index (χ4n) is 2.52. The number of aromatic nitrogens is 2. The van der Waals surface area contributed by atoms with Crippen molar-refractivity contribution in [2.24, 2.45) is 0 Å². The predicted octanol–water partition coefficient (Wildman–Crippen LogP) is 1.57. The van der Waals surface area contributed by atoms with Gasteiger partial charge in [0.1, 0.15) is 5.82 Å². The third kappa shape index (κ3) is 4.24. The smallest absolute Gasteiger partial charge is 0.224 e. The Labute approximate surface area is 137 Å². The van der Waals surface area contributed by atoms with Crippen molar-refractivity contribution in [2.75, 3.05) is 70.0 Å². The van der Waals surface area contributed by atoms with E-state index in [0.717, 1.165) is 50.7 Å². The number of hydrogen-bond donors (Lipinski definition) is 1. The predicted molar refractivity (Wildman–Crippen MR) is 93.3 cm³/mol. The van der Waals surface area contributed by atoms with E-state index in [1.165, 1.54) is 4.90 Å². The van der Waals surface area contributed by atoms with Gasteiger partial charge in [-0.05, 0) is 20.2 Å². The van der Waals surface area contributed by atoms with Gasteiger partial charge in [0, 0.05) is 46.3 Å². The van der Waals surface area contributed by atoms with Crippen LogP contribution in [0.1, 0.15) is 12.6 Å². The zero-order chi connectivity index (χ0) is 15.9. The van der Waals surface area contributed by atoms with Crippen LogP contribution in [-0.2, 0) is 11.2 Å². The zero-order valence-electron chi connectivity index (χ0n) is 14.1. The van der Waals surface area contributed by atoms with Crippen LogP contribution in [0.15, 0.2) is 4.90 Å². The average Bonchev–Trinajstić information content (AvgIpc) is 2.55. The first-order valence-electron chi connectivity index (χ1n) is 7.83. The maximum atomic E-state index is 5.50. The van der Waals surface area contributed by atoms with E-state index < -0.39 is 0 Å².